The van der Waals surface area contributed by atoms with Gasteiger partial charge in [-0.05, 0) is 112 Å². The SMILES string of the molecule is Cc1cc(CNC(=O)c2cc(C(=O)NCc3ccc(F)c(C)c3)n3ncc(Br)c3n2)ccc1F.Cc1cc(CNC(=O)c2cc(C(=O)NCc3ccc(F)c(C)c3)n3nccc3n2)ccc1F. The second-order valence-corrected chi connectivity index (χ2v) is 16.3. The number of amides is 4. The van der Waals surface area contributed by atoms with E-state index in [-0.39, 0.29) is 72.2 Å². The molecule has 0 aliphatic heterocycles. The van der Waals surface area contributed by atoms with Crippen molar-refractivity contribution in [2.75, 3.05) is 0 Å². The molecule has 4 aromatic heterocycles. The van der Waals surface area contributed by atoms with Crippen molar-refractivity contribution in [2.24, 2.45) is 0 Å². The number of aromatic nitrogens is 6. The van der Waals surface area contributed by atoms with Crippen LogP contribution in [0, 0.1) is 51.0 Å². The molecule has 19 heteroatoms. The van der Waals surface area contributed by atoms with Crippen LogP contribution in [0.15, 0.2) is 108 Å². The highest BCUT2D eigenvalue weighted by molar-refractivity contribution is 9.10. The molecule has 342 valence electrons. The van der Waals surface area contributed by atoms with Crippen LogP contribution in [0.25, 0.3) is 11.3 Å². The predicted molar refractivity (Wildman–Crippen MR) is 243 cm³/mol. The van der Waals surface area contributed by atoms with Gasteiger partial charge in [0, 0.05) is 44.4 Å². The minimum absolute atomic E-state index is 0.0234. The minimum Gasteiger partial charge on any atom is -0.347 e. The number of aryl methyl sites for hydroxylation is 4. The Bertz CT molecular complexity index is 3210. The van der Waals surface area contributed by atoms with E-state index in [1.807, 2.05) is 0 Å². The maximum Gasteiger partial charge on any atom is 0.270 e. The zero-order valence-corrected chi connectivity index (χ0v) is 37.9. The molecule has 0 aliphatic carbocycles. The van der Waals surface area contributed by atoms with Gasteiger partial charge < -0.3 is 21.3 Å². The summed E-state index contributed by atoms with van der Waals surface area (Å²) < 4.78 is 57.1. The van der Waals surface area contributed by atoms with Crippen LogP contribution in [0.2, 0.25) is 0 Å². The summed E-state index contributed by atoms with van der Waals surface area (Å²) in [4.78, 5) is 59.9. The van der Waals surface area contributed by atoms with Crippen molar-refractivity contribution in [2.45, 2.75) is 53.9 Å². The van der Waals surface area contributed by atoms with E-state index in [1.165, 1.54) is 57.8 Å². The summed E-state index contributed by atoms with van der Waals surface area (Å²) in [5.74, 6) is -3.19. The molecular formula is C48H41BrF4N10O4. The van der Waals surface area contributed by atoms with E-state index in [0.29, 0.717) is 38.0 Å². The number of rotatable bonds is 12. The normalized spacial score (nSPS) is 10.9. The fourth-order valence-electron chi connectivity index (χ4n) is 6.76. The fraction of sp³-hybridized carbons (Fsp3) is 0.167. The monoisotopic (exact) mass is 976 g/mol. The van der Waals surface area contributed by atoms with Crippen LogP contribution in [0.1, 0.15) is 86.5 Å². The number of hydrogen-bond acceptors (Lipinski definition) is 8. The average molecular weight is 978 g/mol. The first-order valence-corrected chi connectivity index (χ1v) is 21.4. The zero-order valence-electron chi connectivity index (χ0n) is 36.3. The Hall–Kier alpha value is -7.80. The number of nitrogens with one attached hydrogen (secondary N) is 4. The highest BCUT2D eigenvalue weighted by Gasteiger charge is 2.21. The molecule has 4 aromatic carbocycles. The molecule has 0 fully saturated rings. The molecule has 4 N–H and O–H groups in total. The standard InChI is InChI=1S/C24H20BrF2N5O2.C24H21F2N5O2/c1-13-7-15(3-5-18(13)26)10-28-23(33)20-9-21(32-22(31-20)17(25)12-30-32)24(34)29-11-16-4-6-19(27)14(2)8-16;1-14-9-16(3-5-18(14)25)12-27-23(32)20-11-21(31-22(30-20)7-8-29-31)24(33)28-13-17-4-6-19(26)15(2)10-17/h3-9,12H,10-11H2,1-2H3,(H,28,33)(H,29,34);3-11H,12-13H2,1-2H3,(H,27,32)(H,28,33). The van der Waals surface area contributed by atoms with Gasteiger partial charge in [-0.25, -0.2) is 36.6 Å². The zero-order chi connectivity index (χ0) is 47.9. The third kappa shape index (κ3) is 11.4. The third-order valence-electron chi connectivity index (χ3n) is 10.4. The summed E-state index contributed by atoms with van der Waals surface area (Å²) in [5, 5.41) is 19.3. The largest absolute Gasteiger partial charge is 0.347 e. The molecule has 8 aromatic rings. The number of carbonyl (C=O) groups is 4. The maximum atomic E-state index is 13.5. The van der Waals surface area contributed by atoms with Crippen LogP contribution in [-0.4, -0.2) is 52.8 Å². The van der Waals surface area contributed by atoms with Gasteiger partial charge in [-0.1, -0.05) is 48.5 Å². The summed E-state index contributed by atoms with van der Waals surface area (Å²) in [6.45, 7) is 7.27. The van der Waals surface area contributed by atoms with Crippen molar-refractivity contribution in [1.82, 2.24) is 50.5 Å². The highest BCUT2D eigenvalue weighted by atomic mass is 79.9. The second kappa shape index (κ2) is 20.6. The molecule has 0 bridgehead atoms. The minimum atomic E-state index is -0.499. The van der Waals surface area contributed by atoms with Gasteiger partial charge >= 0.3 is 0 Å². The molecule has 0 spiro atoms. The van der Waals surface area contributed by atoms with Crippen molar-refractivity contribution in [3.05, 3.63) is 198 Å². The van der Waals surface area contributed by atoms with E-state index >= 15 is 0 Å². The fourth-order valence-corrected chi connectivity index (χ4v) is 7.11. The van der Waals surface area contributed by atoms with Crippen LogP contribution >= 0.6 is 15.9 Å². The Morgan fingerprint density at radius 2 is 0.866 bits per heavy atom. The average Bonchev–Trinajstić information content (AvgIpc) is 3.96. The predicted octanol–water partition coefficient (Wildman–Crippen LogP) is 7.73. The molecule has 0 aliphatic rings. The molecule has 0 radical (unpaired) electrons. The Labute approximate surface area is 389 Å². The van der Waals surface area contributed by atoms with Crippen molar-refractivity contribution >= 4 is 50.9 Å². The van der Waals surface area contributed by atoms with Gasteiger partial charge in [-0.15, -0.1) is 0 Å². The number of fused-ring (bicyclic) bond motifs is 2. The van der Waals surface area contributed by atoms with Crippen LogP contribution < -0.4 is 21.3 Å². The van der Waals surface area contributed by atoms with E-state index in [2.05, 4.69) is 57.4 Å². The summed E-state index contributed by atoms with van der Waals surface area (Å²) in [6, 6.07) is 22.6. The third-order valence-corrected chi connectivity index (χ3v) is 11.0. The van der Waals surface area contributed by atoms with Gasteiger partial charge in [0.25, 0.3) is 23.6 Å². The summed E-state index contributed by atoms with van der Waals surface area (Å²) in [7, 11) is 0. The van der Waals surface area contributed by atoms with Crippen molar-refractivity contribution in [3.8, 4) is 0 Å². The highest BCUT2D eigenvalue weighted by Crippen LogP contribution is 2.19. The number of hydrogen-bond donors (Lipinski definition) is 4. The van der Waals surface area contributed by atoms with Crippen LogP contribution in [0.3, 0.4) is 0 Å². The quantitative estimate of drug-likeness (QED) is 0.0900. The van der Waals surface area contributed by atoms with Crippen LogP contribution in [-0.2, 0) is 26.2 Å². The lowest BCUT2D eigenvalue weighted by Gasteiger charge is -2.11. The molecule has 0 atom stereocenters. The number of nitrogens with zero attached hydrogens (tertiary/aromatic N) is 6. The van der Waals surface area contributed by atoms with E-state index in [4.69, 9.17) is 0 Å². The molecule has 0 saturated carbocycles. The molecular weight excluding hydrogens is 936 g/mol. The Morgan fingerprint density at radius 3 is 1.27 bits per heavy atom. The van der Waals surface area contributed by atoms with Gasteiger partial charge in [0.1, 0.15) is 46.0 Å². The van der Waals surface area contributed by atoms with Crippen LogP contribution in [0.5, 0.6) is 0 Å². The smallest absolute Gasteiger partial charge is 0.270 e. The van der Waals surface area contributed by atoms with Gasteiger partial charge in [0.2, 0.25) is 0 Å². The van der Waals surface area contributed by atoms with Crippen molar-refractivity contribution in [3.63, 3.8) is 0 Å². The number of carbonyl (C=O) groups excluding carboxylic acids is 4. The van der Waals surface area contributed by atoms with Gasteiger partial charge in [-0.2, -0.15) is 10.2 Å². The topological polar surface area (TPSA) is 177 Å². The molecule has 4 amide bonds. The summed E-state index contributed by atoms with van der Waals surface area (Å²) >= 11 is 3.33. The molecule has 4 heterocycles. The first-order valence-electron chi connectivity index (χ1n) is 20.6. The maximum absolute atomic E-state index is 13.5. The van der Waals surface area contributed by atoms with Crippen LogP contribution in [0.4, 0.5) is 17.6 Å². The van der Waals surface area contributed by atoms with E-state index in [9.17, 15) is 36.7 Å². The second-order valence-electron chi connectivity index (χ2n) is 15.4. The Kier molecular flexibility index (Phi) is 14.5. The number of halogens is 5. The van der Waals surface area contributed by atoms with E-state index in [0.717, 1.165) is 22.3 Å². The Balaban J connectivity index is 0.000000199. The lowest BCUT2D eigenvalue weighted by Crippen LogP contribution is -2.28. The first kappa shape index (κ1) is 47.2. The first-order chi connectivity index (χ1) is 32.0. The molecule has 0 saturated heterocycles. The van der Waals surface area contributed by atoms with Gasteiger partial charge in [-0.3, -0.25) is 19.2 Å². The molecule has 8 rings (SSSR count). The van der Waals surface area contributed by atoms with E-state index in [1.54, 1.807) is 82.3 Å². The molecule has 0 unspecified atom stereocenters. The number of benzene rings is 4. The van der Waals surface area contributed by atoms with Gasteiger partial charge in [0.15, 0.2) is 11.3 Å². The van der Waals surface area contributed by atoms with Crippen molar-refractivity contribution in [1.29, 1.82) is 0 Å². The van der Waals surface area contributed by atoms with Crippen molar-refractivity contribution < 1.29 is 36.7 Å². The molecule has 67 heavy (non-hydrogen) atoms. The lowest BCUT2D eigenvalue weighted by molar-refractivity contribution is 0.0927. The summed E-state index contributed by atoms with van der Waals surface area (Å²) in [5.41, 5.74) is 5.79. The van der Waals surface area contributed by atoms with E-state index < -0.39 is 23.6 Å². The van der Waals surface area contributed by atoms with Gasteiger partial charge in [0.05, 0.1) is 16.9 Å². The Morgan fingerprint density at radius 1 is 0.493 bits per heavy atom. The molecule has 14 nitrogen and oxygen atoms in total. The summed E-state index contributed by atoms with van der Waals surface area (Å²) in [6.07, 6.45) is 2.96. The lowest BCUT2D eigenvalue weighted by atomic mass is 10.1.